The smallest absolute Gasteiger partial charge is 0.254 e. The zero-order chi connectivity index (χ0) is 15.1. The van der Waals surface area contributed by atoms with E-state index in [9.17, 15) is 9.90 Å². The van der Waals surface area contributed by atoms with Gasteiger partial charge in [-0.15, -0.1) is 0 Å². The zero-order valence-corrected chi connectivity index (χ0v) is 11.9. The molecule has 0 spiro atoms. The normalized spacial score (nSPS) is 10.4. The number of hydrogen-bond acceptors (Lipinski definition) is 3. The lowest BCUT2D eigenvalue weighted by molar-refractivity contribution is 0.0707. The van der Waals surface area contributed by atoms with E-state index in [2.05, 4.69) is 0 Å². The van der Waals surface area contributed by atoms with Crippen LogP contribution in [0.2, 0.25) is 0 Å². The van der Waals surface area contributed by atoms with Crippen LogP contribution < -0.4 is 5.73 Å². The summed E-state index contributed by atoms with van der Waals surface area (Å²) in [6.45, 7) is 1.13. The highest BCUT2D eigenvalue weighted by Gasteiger charge is 2.15. The maximum absolute atomic E-state index is 12.6. The summed E-state index contributed by atoms with van der Waals surface area (Å²) in [6, 6.07) is 17.0. The Balaban J connectivity index is 2.18. The molecule has 2 aromatic carbocycles. The van der Waals surface area contributed by atoms with Gasteiger partial charge in [0, 0.05) is 25.2 Å². The number of aliphatic hydroxyl groups excluding tert-OH is 1. The van der Waals surface area contributed by atoms with E-state index >= 15 is 0 Å². The van der Waals surface area contributed by atoms with Crippen LogP contribution in [0.15, 0.2) is 54.6 Å². The number of rotatable bonds is 6. The highest BCUT2D eigenvalue weighted by Crippen LogP contribution is 2.11. The van der Waals surface area contributed by atoms with Crippen LogP contribution in [-0.2, 0) is 13.1 Å². The Labute approximate surface area is 124 Å². The molecule has 4 heteroatoms. The minimum absolute atomic E-state index is 0.0604. The lowest BCUT2D eigenvalue weighted by atomic mass is 10.1. The van der Waals surface area contributed by atoms with E-state index in [1.54, 1.807) is 17.0 Å². The third kappa shape index (κ3) is 4.15. The summed E-state index contributed by atoms with van der Waals surface area (Å²) >= 11 is 0. The molecule has 0 saturated carbocycles. The molecule has 2 aromatic rings. The fourth-order valence-corrected chi connectivity index (χ4v) is 2.19. The molecule has 0 saturated heterocycles. The van der Waals surface area contributed by atoms with Crippen LogP contribution in [0.1, 0.15) is 21.5 Å². The summed E-state index contributed by atoms with van der Waals surface area (Å²) in [7, 11) is 0. The van der Waals surface area contributed by atoms with Gasteiger partial charge in [0.15, 0.2) is 0 Å². The Hall–Kier alpha value is -2.17. The summed E-state index contributed by atoms with van der Waals surface area (Å²) in [6.07, 6.45) is 0. The molecule has 0 aliphatic carbocycles. The molecule has 0 fully saturated rings. The molecule has 3 N–H and O–H groups in total. The molecule has 0 aliphatic rings. The second-order valence-corrected chi connectivity index (χ2v) is 4.84. The van der Waals surface area contributed by atoms with Crippen molar-refractivity contribution in [3.05, 3.63) is 71.3 Å². The van der Waals surface area contributed by atoms with Crippen LogP contribution in [-0.4, -0.2) is 29.1 Å². The van der Waals surface area contributed by atoms with Crippen LogP contribution in [0.5, 0.6) is 0 Å². The minimum Gasteiger partial charge on any atom is -0.395 e. The minimum atomic E-state index is -0.0943. The van der Waals surface area contributed by atoms with E-state index in [1.165, 1.54) is 0 Å². The lowest BCUT2D eigenvalue weighted by Gasteiger charge is -2.22. The van der Waals surface area contributed by atoms with Crippen LogP contribution in [0, 0.1) is 0 Å². The second kappa shape index (κ2) is 7.57. The first-order valence-electron chi connectivity index (χ1n) is 6.97. The molecule has 0 radical (unpaired) electrons. The molecule has 4 nitrogen and oxygen atoms in total. The maximum Gasteiger partial charge on any atom is 0.254 e. The maximum atomic E-state index is 12.6. The molecule has 2 rings (SSSR count). The average molecular weight is 284 g/mol. The van der Waals surface area contributed by atoms with Gasteiger partial charge in [-0.2, -0.15) is 0 Å². The summed E-state index contributed by atoms with van der Waals surface area (Å²) in [5.41, 5.74) is 8.17. The van der Waals surface area contributed by atoms with Crippen LogP contribution >= 0.6 is 0 Å². The van der Waals surface area contributed by atoms with E-state index in [0.29, 0.717) is 25.2 Å². The first-order valence-corrected chi connectivity index (χ1v) is 6.97. The first kappa shape index (κ1) is 15.2. The Morgan fingerprint density at radius 2 is 1.76 bits per heavy atom. The molecule has 0 unspecified atom stereocenters. The molecule has 0 aliphatic heterocycles. The van der Waals surface area contributed by atoms with Crippen molar-refractivity contribution in [2.24, 2.45) is 5.73 Å². The molecule has 0 heterocycles. The van der Waals surface area contributed by atoms with Gasteiger partial charge in [0.2, 0.25) is 0 Å². The van der Waals surface area contributed by atoms with E-state index in [0.717, 1.165) is 11.1 Å². The topological polar surface area (TPSA) is 66.6 Å². The molecule has 21 heavy (non-hydrogen) atoms. The number of hydrogen-bond donors (Lipinski definition) is 2. The van der Waals surface area contributed by atoms with Gasteiger partial charge < -0.3 is 15.7 Å². The zero-order valence-electron chi connectivity index (χ0n) is 11.9. The fraction of sp³-hybridized carbons (Fsp3) is 0.235. The second-order valence-electron chi connectivity index (χ2n) is 4.84. The standard InChI is InChI=1S/C17H20N2O2/c18-12-15-7-4-8-16(11-15)17(21)19(9-10-20)13-14-5-2-1-3-6-14/h1-8,11,20H,9-10,12-13,18H2. The predicted molar refractivity (Wildman–Crippen MR) is 82.6 cm³/mol. The van der Waals surface area contributed by atoms with Gasteiger partial charge in [-0.3, -0.25) is 4.79 Å². The van der Waals surface area contributed by atoms with Crippen molar-refractivity contribution >= 4 is 5.91 Å². The third-order valence-corrected chi connectivity index (χ3v) is 3.28. The van der Waals surface area contributed by atoms with Crippen LogP contribution in [0.25, 0.3) is 0 Å². The fourth-order valence-electron chi connectivity index (χ4n) is 2.19. The molecule has 1 amide bonds. The summed E-state index contributed by atoms with van der Waals surface area (Å²) in [4.78, 5) is 14.2. The Bertz CT molecular complexity index is 584. The number of nitrogens with two attached hydrogens (primary N) is 1. The van der Waals surface area contributed by atoms with Gasteiger partial charge >= 0.3 is 0 Å². The predicted octanol–water partition coefficient (Wildman–Crippen LogP) is 1.78. The van der Waals surface area contributed by atoms with Gasteiger partial charge in [0.05, 0.1) is 6.61 Å². The molecule has 0 bridgehead atoms. The van der Waals surface area contributed by atoms with Gasteiger partial charge in [0.25, 0.3) is 5.91 Å². The largest absolute Gasteiger partial charge is 0.395 e. The first-order chi connectivity index (χ1) is 10.2. The molecular formula is C17H20N2O2. The van der Waals surface area contributed by atoms with Crippen molar-refractivity contribution in [3.63, 3.8) is 0 Å². The average Bonchev–Trinajstić information content (AvgIpc) is 2.55. The van der Waals surface area contributed by atoms with Gasteiger partial charge in [0.1, 0.15) is 0 Å². The van der Waals surface area contributed by atoms with Crippen molar-refractivity contribution < 1.29 is 9.90 Å². The monoisotopic (exact) mass is 284 g/mol. The highest BCUT2D eigenvalue weighted by molar-refractivity contribution is 5.94. The molecule has 0 aromatic heterocycles. The third-order valence-electron chi connectivity index (χ3n) is 3.28. The van der Waals surface area contributed by atoms with E-state index in [1.807, 2.05) is 42.5 Å². The Morgan fingerprint density at radius 1 is 1.05 bits per heavy atom. The van der Waals surface area contributed by atoms with E-state index in [4.69, 9.17) is 5.73 Å². The number of aliphatic hydroxyl groups is 1. The van der Waals surface area contributed by atoms with Crippen LogP contribution in [0.3, 0.4) is 0 Å². The number of nitrogens with zero attached hydrogens (tertiary/aromatic N) is 1. The summed E-state index contributed by atoms with van der Waals surface area (Å²) in [5.74, 6) is -0.0943. The highest BCUT2D eigenvalue weighted by atomic mass is 16.3. The number of benzene rings is 2. The molecule has 110 valence electrons. The number of amides is 1. The number of carbonyl (C=O) groups excluding carboxylic acids is 1. The summed E-state index contributed by atoms with van der Waals surface area (Å²) in [5, 5.41) is 9.20. The lowest BCUT2D eigenvalue weighted by Crippen LogP contribution is -2.33. The Kier molecular flexibility index (Phi) is 5.49. The van der Waals surface area contributed by atoms with Crippen molar-refractivity contribution in [2.75, 3.05) is 13.2 Å². The Morgan fingerprint density at radius 3 is 2.43 bits per heavy atom. The van der Waals surface area contributed by atoms with Gasteiger partial charge in [-0.25, -0.2) is 0 Å². The number of carbonyl (C=O) groups is 1. The molecular weight excluding hydrogens is 264 g/mol. The SMILES string of the molecule is NCc1cccc(C(=O)N(CCO)Cc2ccccc2)c1. The van der Waals surface area contributed by atoms with Crippen molar-refractivity contribution in [2.45, 2.75) is 13.1 Å². The van der Waals surface area contributed by atoms with Crippen LogP contribution in [0.4, 0.5) is 0 Å². The van der Waals surface area contributed by atoms with Gasteiger partial charge in [-0.05, 0) is 23.3 Å². The van der Waals surface area contributed by atoms with Crippen molar-refractivity contribution in [1.82, 2.24) is 4.90 Å². The van der Waals surface area contributed by atoms with Crippen molar-refractivity contribution in [1.29, 1.82) is 0 Å². The quantitative estimate of drug-likeness (QED) is 0.849. The van der Waals surface area contributed by atoms with E-state index < -0.39 is 0 Å². The van der Waals surface area contributed by atoms with Gasteiger partial charge in [-0.1, -0.05) is 42.5 Å². The summed E-state index contributed by atoms with van der Waals surface area (Å²) < 4.78 is 0. The van der Waals surface area contributed by atoms with E-state index in [-0.39, 0.29) is 12.5 Å². The molecule has 0 atom stereocenters. The van der Waals surface area contributed by atoms with Crippen molar-refractivity contribution in [3.8, 4) is 0 Å².